The van der Waals surface area contributed by atoms with E-state index in [0.29, 0.717) is 0 Å². The molecule has 1 amide bonds. The SMILES string of the molecule is CC(C)(C(=O)Nc1cc(C(=O)O)cc(S(C)(=O)=O)c1)C1CCCC1. The van der Waals surface area contributed by atoms with Crippen molar-refractivity contribution in [3.63, 3.8) is 0 Å². The smallest absolute Gasteiger partial charge is 0.335 e. The van der Waals surface area contributed by atoms with Gasteiger partial charge in [-0.2, -0.15) is 0 Å². The Bertz CT molecular complexity index is 761. The summed E-state index contributed by atoms with van der Waals surface area (Å²) in [7, 11) is -3.58. The Kier molecular flexibility index (Phi) is 5.03. The fourth-order valence-electron chi connectivity index (χ4n) is 3.13. The summed E-state index contributed by atoms with van der Waals surface area (Å²) in [5, 5.41) is 11.9. The molecule has 1 saturated carbocycles. The molecule has 0 spiro atoms. The van der Waals surface area contributed by atoms with Crippen molar-refractivity contribution in [2.24, 2.45) is 11.3 Å². The number of amides is 1. The number of carbonyl (C=O) groups excluding carboxylic acids is 1. The van der Waals surface area contributed by atoms with E-state index in [0.717, 1.165) is 38.0 Å². The number of sulfone groups is 1. The van der Waals surface area contributed by atoms with E-state index in [2.05, 4.69) is 5.32 Å². The van der Waals surface area contributed by atoms with Crippen LogP contribution in [0.1, 0.15) is 49.9 Å². The first-order chi connectivity index (χ1) is 11.0. The Morgan fingerprint density at radius 1 is 1.17 bits per heavy atom. The fourth-order valence-corrected chi connectivity index (χ4v) is 3.82. The van der Waals surface area contributed by atoms with E-state index in [1.807, 2.05) is 13.8 Å². The number of anilines is 1. The summed E-state index contributed by atoms with van der Waals surface area (Å²) in [6.45, 7) is 3.74. The lowest BCUT2D eigenvalue weighted by atomic mass is 9.77. The third-order valence-electron chi connectivity index (χ3n) is 4.80. The number of benzene rings is 1. The Labute approximate surface area is 142 Å². The average molecular weight is 353 g/mol. The number of rotatable bonds is 5. The molecule has 6 nitrogen and oxygen atoms in total. The zero-order valence-electron chi connectivity index (χ0n) is 14.1. The van der Waals surface area contributed by atoms with Crippen LogP contribution >= 0.6 is 0 Å². The normalized spacial score (nSPS) is 16.1. The molecule has 0 radical (unpaired) electrons. The molecule has 1 aromatic rings. The van der Waals surface area contributed by atoms with Gasteiger partial charge in [-0.15, -0.1) is 0 Å². The van der Waals surface area contributed by atoms with Gasteiger partial charge in [0.25, 0.3) is 0 Å². The second-order valence-electron chi connectivity index (χ2n) is 6.98. The summed E-state index contributed by atoms with van der Waals surface area (Å²) in [4.78, 5) is 23.7. The van der Waals surface area contributed by atoms with Gasteiger partial charge in [-0.25, -0.2) is 13.2 Å². The molecule has 0 heterocycles. The van der Waals surface area contributed by atoms with Crippen molar-refractivity contribution in [3.05, 3.63) is 23.8 Å². The first-order valence-corrected chi connectivity index (χ1v) is 9.81. The van der Waals surface area contributed by atoms with Crippen molar-refractivity contribution in [3.8, 4) is 0 Å². The predicted molar refractivity (Wildman–Crippen MR) is 90.9 cm³/mol. The van der Waals surface area contributed by atoms with Crippen LogP contribution in [0.5, 0.6) is 0 Å². The molecular formula is C17H23NO5S. The topological polar surface area (TPSA) is 101 Å². The molecule has 132 valence electrons. The largest absolute Gasteiger partial charge is 0.478 e. The van der Waals surface area contributed by atoms with Crippen molar-refractivity contribution >= 4 is 27.4 Å². The minimum absolute atomic E-state index is 0.128. The highest BCUT2D eigenvalue weighted by molar-refractivity contribution is 7.90. The van der Waals surface area contributed by atoms with Gasteiger partial charge in [-0.05, 0) is 37.0 Å². The fraction of sp³-hybridized carbons (Fsp3) is 0.529. The summed E-state index contributed by atoms with van der Waals surface area (Å²) in [5.41, 5.74) is -0.584. The summed E-state index contributed by atoms with van der Waals surface area (Å²) >= 11 is 0. The highest BCUT2D eigenvalue weighted by Crippen LogP contribution is 2.40. The molecule has 1 aromatic carbocycles. The Morgan fingerprint density at radius 2 is 1.75 bits per heavy atom. The minimum Gasteiger partial charge on any atom is -0.478 e. The van der Waals surface area contributed by atoms with Crippen LogP contribution in [0, 0.1) is 11.3 Å². The molecule has 0 atom stereocenters. The van der Waals surface area contributed by atoms with Crippen LogP contribution in [0.4, 0.5) is 5.69 Å². The molecule has 1 fully saturated rings. The van der Waals surface area contributed by atoms with Crippen LogP contribution in [0.15, 0.2) is 23.1 Å². The number of carboxylic acid groups (broad SMARTS) is 1. The first kappa shape index (κ1) is 18.4. The highest BCUT2D eigenvalue weighted by Gasteiger charge is 2.38. The number of carboxylic acids is 1. The van der Waals surface area contributed by atoms with Crippen LogP contribution < -0.4 is 5.32 Å². The van der Waals surface area contributed by atoms with Crippen molar-refractivity contribution in [1.29, 1.82) is 0 Å². The van der Waals surface area contributed by atoms with Crippen molar-refractivity contribution in [2.75, 3.05) is 11.6 Å². The Morgan fingerprint density at radius 3 is 2.25 bits per heavy atom. The maximum absolute atomic E-state index is 12.7. The molecule has 2 rings (SSSR count). The third kappa shape index (κ3) is 3.95. The Hall–Kier alpha value is -1.89. The van der Waals surface area contributed by atoms with Crippen LogP contribution in [-0.2, 0) is 14.6 Å². The second-order valence-corrected chi connectivity index (χ2v) is 9.00. The third-order valence-corrected chi connectivity index (χ3v) is 5.89. The monoisotopic (exact) mass is 353 g/mol. The van der Waals surface area contributed by atoms with Crippen LogP contribution in [0.2, 0.25) is 0 Å². The van der Waals surface area contributed by atoms with Crippen molar-refractivity contribution in [2.45, 2.75) is 44.4 Å². The van der Waals surface area contributed by atoms with Gasteiger partial charge in [0, 0.05) is 17.4 Å². The first-order valence-electron chi connectivity index (χ1n) is 7.91. The zero-order valence-corrected chi connectivity index (χ0v) is 14.9. The van der Waals surface area contributed by atoms with E-state index in [1.54, 1.807) is 0 Å². The number of hydrogen-bond donors (Lipinski definition) is 2. The lowest BCUT2D eigenvalue weighted by Crippen LogP contribution is -2.36. The maximum atomic E-state index is 12.7. The van der Waals surface area contributed by atoms with Gasteiger partial charge in [0.1, 0.15) is 0 Å². The average Bonchev–Trinajstić information content (AvgIpc) is 3.00. The standard InChI is InChI=1S/C17H23NO5S/c1-17(2,12-6-4-5-7-12)16(21)18-13-8-11(15(19)20)9-14(10-13)24(3,22)23/h8-10,12H,4-7H2,1-3H3,(H,18,21)(H,19,20). The molecule has 1 aliphatic rings. The molecule has 7 heteroatoms. The number of nitrogens with one attached hydrogen (secondary N) is 1. The van der Waals surface area contributed by atoms with E-state index in [9.17, 15) is 18.0 Å². The van der Waals surface area contributed by atoms with Crippen molar-refractivity contribution in [1.82, 2.24) is 0 Å². The molecule has 0 unspecified atom stereocenters. The molecule has 2 N–H and O–H groups in total. The van der Waals surface area contributed by atoms with E-state index in [1.165, 1.54) is 12.1 Å². The van der Waals surface area contributed by atoms with Crippen molar-refractivity contribution < 1.29 is 23.1 Å². The van der Waals surface area contributed by atoms with Crippen LogP contribution in [0.25, 0.3) is 0 Å². The van der Waals surface area contributed by atoms with E-state index in [4.69, 9.17) is 5.11 Å². The van der Waals surface area contributed by atoms with Gasteiger partial charge in [-0.3, -0.25) is 4.79 Å². The summed E-state index contributed by atoms with van der Waals surface area (Å²) in [6, 6.07) is 3.67. The summed E-state index contributed by atoms with van der Waals surface area (Å²) in [5.74, 6) is -1.20. The number of carbonyl (C=O) groups is 2. The van der Waals surface area contributed by atoms with E-state index < -0.39 is 21.2 Å². The summed E-state index contributed by atoms with van der Waals surface area (Å²) < 4.78 is 23.5. The van der Waals surface area contributed by atoms with Gasteiger partial charge in [0.2, 0.25) is 5.91 Å². The van der Waals surface area contributed by atoms with E-state index >= 15 is 0 Å². The van der Waals surface area contributed by atoms with Crippen LogP contribution in [0.3, 0.4) is 0 Å². The van der Waals surface area contributed by atoms with E-state index in [-0.39, 0.29) is 28.0 Å². The number of aromatic carboxylic acids is 1. The molecule has 1 aliphatic carbocycles. The van der Waals surface area contributed by atoms with Gasteiger partial charge in [0.05, 0.1) is 10.5 Å². The maximum Gasteiger partial charge on any atom is 0.335 e. The molecule has 0 aromatic heterocycles. The van der Waals surface area contributed by atoms with Crippen LogP contribution in [-0.4, -0.2) is 31.7 Å². The quantitative estimate of drug-likeness (QED) is 0.847. The lowest BCUT2D eigenvalue weighted by molar-refractivity contribution is -0.126. The molecule has 24 heavy (non-hydrogen) atoms. The molecule has 0 saturated heterocycles. The van der Waals surface area contributed by atoms with Gasteiger partial charge < -0.3 is 10.4 Å². The molecular weight excluding hydrogens is 330 g/mol. The zero-order chi connectivity index (χ0) is 18.1. The van der Waals surface area contributed by atoms with Gasteiger partial charge in [0.15, 0.2) is 9.84 Å². The molecule has 0 aliphatic heterocycles. The second kappa shape index (κ2) is 6.55. The van der Waals surface area contributed by atoms with Gasteiger partial charge in [-0.1, -0.05) is 26.7 Å². The highest BCUT2D eigenvalue weighted by atomic mass is 32.2. The summed E-state index contributed by atoms with van der Waals surface area (Å²) in [6.07, 6.45) is 5.19. The Balaban J connectivity index is 2.33. The molecule has 0 bridgehead atoms. The minimum atomic E-state index is -3.58. The number of hydrogen-bond acceptors (Lipinski definition) is 4. The predicted octanol–water partition coefficient (Wildman–Crippen LogP) is 2.94. The van der Waals surface area contributed by atoms with Gasteiger partial charge >= 0.3 is 5.97 Å². The lowest BCUT2D eigenvalue weighted by Gasteiger charge is -2.30.